The molecule has 13 heavy (non-hydrogen) atoms. The second-order valence-corrected chi connectivity index (χ2v) is 4.51. The standard InChI is InChI=1S/C12H17.Li/c1-10-7-5-6-8-11(10)9-12(2,3)4;/h5-8H,1,9H2,2-4H3;/q-1;+1. The van der Waals surface area contributed by atoms with E-state index in [9.17, 15) is 0 Å². The molecule has 1 heteroatoms. The van der Waals surface area contributed by atoms with E-state index >= 15 is 0 Å². The molecule has 0 amide bonds. The van der Waals surface area contributed by atoms with E-state index in [1.165, 1.54) is 5.56 Å². The van der Waals surface area contributed by atoms with Crippen molar-refractivity contribution < 1.29 is 18.9 Å². The van der Waals surface area contributed by atoms with Gasteiger partial charge in [-0.05, 0) is 5.41 Å². The van der Waals surface area contributed by atoms with Crippen molar-refractivity contribution in [2.45, 2.75) is 27.2 Å². The Morgan fingerprint density at radius 3 is 2.15 bits per heavy atom. The van der Waals surface area contributed by atoms with Crippen LogP contribution in [0.25, 0.3) is 0 Å². The maximum Gasteiger partial charge on any atom is 1.00 e. The number of hydrogen-bond donors (Lipinski definition) is 0. The molecule has 0 heterocycles. The Hall–Kier alpha value is -0.313. The molecular weight excluding hydrogens is 151 g/mol. The molecule has 0 fully saturated rings. The van der Waals surface area contributed by atoms with Gasteiger partial charge in [0.2, 0.25) is 0 Å². The predicted octanol–water partition coefficient (Wildman–Crippen LogP) is 0.461. The van der Waals surface area contributed by atoms with E-state index in [1.54, 1.807) is 0 Å². The van der Waals surface area contributed by atoms with Gasteiger partial charge in [-0.2, -0.15) is 18.6 Å². The van der Waals surface area contributed by atoms with Crippen molar-refractivity contribution in [1.29, 1.82) is 0 Å². The molecule has 0 aliphatic heterocycles. The van der Waals surface area contributed by atoms with Crippen molar-refractivity contribution in [2.75, 3.05) is 0 Å². The Balaban J connectivity index is 0.00000144. The van der Waals surface area contributed by atoms with Gasteiger partial charge in [-0.1, -0.05) is 33.3 Å². The minimum absolute atomic E-state index is 0. The van der Waals surface area contributed by atoms with Crippen LogP contribution >= 0.6 is 0 Å². The molecule has 0 saturated carbocycles. The first-order chi connectivity index (χ1) is 5.49. The van der Waals surface area contributed by atoms with E-state index in [2.05, 4.69) is 45.9 Å². The summed E-state index contributed by atoms with van der Waals surface area (Å²) >= 11 is 0. The summed E-state index contributed by atoms with van der Waals surface area (Å²) in [5, 5.41) is 0. The first-order valence-corrected chi connectivity index (χ1v) is 4.39. The molecule has 0 aromatic heterocycles. The first-order valence-electron chi connectivity index (χ1n) is 4.39. The second kappa shape index (κ2) is 4.79. The summed E-state index contributed by atoms with van der Waals surface area (Å²) in [5.74, 6) is 0. The minimum Gasteiger partial charge on any atom is -0.198 e. The summed E-state index contributed by atoms with van der Waals surface area (Å²) in [6, 6.07) is 8.35. The summed E-state index contributed by atoms with van der Waals surface area (Å²) in [4.78, 5) is 0. The monoisotopic (exact) mass is 168 g/mol. The molecule has 0 radical (unpaired) electrons. The Morgan fingerprint density at radius 2 is 1.69 bits per heavy atom. The molecule has 0 N–H and O–H groups in total. The van der Waals surface area contributed by atoms with E-state index in [0.29, 0.717) is 5.41 Å². The van der Waals surface area contributed by atoms with E-state index in [0.717, 1.165) is 12.0 Å². The van der Waals surface area contributed by atoms with Gasteiger partial charge in [-0.25, -0.2) is 0 Å². The molecule has 0 aliphatic carbocycles. The van der Waals surface area contributed by atoms with Gasteiger partial charge < -0.3 is 0 Å². The molecule has 1 rings (SSSR count). The van der Waals surface area contributed by atoms with E-state index in [-0.39, 0.29) is 18.9 Å². The zero-order valence-electron chi connectivity index (χ0n) is 9.22. The number of hydrogen-bond acceptors (Lipinski definition) is 0. The average molecular weight is 168 g/mol. The van der Waals surface area contributed by atoms with Gasteiger partial charge in [0.25, 0.3) is 0 Å². The van der Waals surface area contributed by atoms with Crippen LogP contribution in [0.15, 0.2) is 24.3 Å². The van der Waals surface area contributed by atoms with Crippen LogP contribution in [0, 0.1) is 12.3 Å². The Labute approximate surface area is 93.9 Å². The topological polar surface area (TPSA) is 0 Å². The van der Waals surface area contributed by atoms with Crippen molar-refractivity contribution >= 4 is 0 Å². The quantitative estimate of drug-likeness (QED) is 0.422. The molecule has 0 bridgehead atoms. The molecule has 0 atom stereocenters. The van der Waals surface area contributed by atoms with Crippen molar-refractivity contribution in [2.24, 2.45) is 5.41 Å². The summed E-state index contributed by atoms with van der Waals surface area (Å²) in [5.41, 5.74) is 2.88. The van der Waals surface area contributed by atoms with Gasteiger partial charge in [-0.15, -0.1) is 17.7 Å². The molecule has 0 unspecified atom stereocenters. The van der Waals surface area contributed by atoms with Crippen LogP contribution < -0.4 is 18.9 Å². The number of rotatable bonds is 1. The SMILES string of the molecule is [CH2-]c1ccccc1CC(C)(C)C.[Li+]. The van der Waals surface area contributed by atoms with Crippen LogP contribution in [0.5, 0.6) is 0 Å². The smallest absolute Gasteiger partial charge is 0.198 e. The fourth-order valence-corrected chi connectivity index (χ4v) is 1.30. The van der Waals surface area contributed by atoms with Crippen LogP contribution in [-0.4, -0.2) is 0 Å². The van der Waals surface area contributed by atoms with Crippen molar-refractivity contribution in [3.05, 3.63) is 42.3 Å². The first kappa shape index (κ1) is 12.7. The minimum atomic E-state index is 0. The molecule has 1 aromatic rings. The molecule has 0 spiro atoms. The molecule has 66 valence electrons. The van der Waals surface area contributed by atoms with Crippen molar-refractivity contribution in [3.8, 4) is 0 Å². The fourth-order valence-electron chi connectivity index (χ4n) is 1.30. The molecule has 0 saturated heterocycles. The second-order valence-electron chi connectivity index (χ2n) is 4.51. The van der Waals surface area contributed by atoms with Gasteiger partial charge in [0.05, 0.1) is 0 Å². The maximum atomic E-state index is 4.00. The maximum absolute atomic E-state index is 4.00. The largest absolute Gasteiger partial charge is 1.00 e. The van der Waals surface area contributed by atoms with Gasteiger partial charge in [0.15, 0.2) is 0 Å². The molecule has 0 nitrogen and oxygen atoms in total. The summed E-state index contributed by atoms with van der Waals surface area (Å²) in [6.45, 7) is 10.8. The number of benzene rings is 1. The van der Waals surface area contributed by atoms with Crippen molar-refractivity contribution in [1.82, 2.24) is 0 Å². The van der Waals surface area contributed by atoms with Gasteiger partial charge >= 0.3 is 18.9 Å². The normalized spacial score (nSPS) is 10.7. The Kier molecular flexibility index (Phi) is 4.68. The van der Waals surface area contributed by atoms with E-state index in [4.69, 9.17) is 0 Å². The Bertz CT molecular complexity index is 258. The van der Waals surface area contributed by atoms with Gasteiger partial charge in [0, 0.05) is 0 Å². The van der Waals surface area contributed by atoms with Crippen LogP contribution in [0.4, 0.5) is 0 Å². The third-order valence-electron chi connectivity index (χ3n) is 1.84. The van der Waals surface area contributed by atoms with Crippen LogP contribution in [-0.2, 0) is 6.42 Å². The zero-order chi connectivity index (χ0) is 9.19. The van der Waals surface area contributed by atoms with Gasteiger partial charge in [-0.3, -0.25) is 0 Å². The Morgan fingerprint density at radius 1 is 1.15 bits per heavy atom. The fraction of sp³-hybridized carbons (Fsp3) is 0.417. The molecule has 1 aromatic carbocycles. The summed E-state index contributed by atoms with van der Waals surface area (Å²) < 4.78 is 0. The van der Waals surface area contributed by atoms with Crippen molar-refractivity contribution in [3.63, 3.8) is 0 Å². The van der Waals surface area contributed by atoms with Crippen LogP contribution in [0.1, 0.15) is 31.9 Å². The average Bonchev–Trinajstić information content (AvgIpc) is 1.91. The molecular formula is C12H17Li. The van der Waals surface area contributed by atoms with E-state index < -0.39 is 0 Å². The molecule has 0 aliphatic rings. The summed E-state index contributed by atoms with van der Waals surface area (Å²) in [7, 11) is 0. The van der Waals surface area contributed by atoms with Crippen LogP contribution in [0.3, 0.4) is 0 Å². The van der Waals surface area contributed by atoms with E-state index in [1.807, 2.05) is 6.07 Å². The van der Waals surface area contributed by atoms with Gasteiger partial charge in [0.1, 0.15) is 0 Å². The zero-order valence-corrected chi connectivity index (χ0v) is 9.22. The summed E-state index contributed by atoms with van der Waals surface area (Å²) in [6.07, 6.45) is 1.10. The third kappa shape index (κ3) is 4.46. The third-order valence-corrected chi connectivity index (χ3v) is 1.84. The predicted molar refractivity (Wildman–Crippen MR) is 54.1 cm³/mol. The van der Waals surface area contributed by atoms with Crippen LogP contribution in [0.2, 0.25) is 0 Å².